The smallest absolute Gasteiger partial charge is 0.159 e. The van der Waals surface area contributed by atoms with Crippen LogP contribution < -0.4 is 5.32 Å². The molecule has 1 atom stereocenters. The third-order valence-electron chi connectivity index (χ3n) is 2.48. The Morgan fingerprint density at radius 2 is 1.89 bits per heavy atom. The van der Waals surface area contributed by atoms with Crippen LogP contribution in [-0.2, 0) is 0 Å². The van der Waals surface area contributed by atoms with Gasteiger partial charge in [-0.05, 0) is 24.2 Å². The van der Waals surface area contributed by atoms with Gasteiger partial charge in [0.25, 0.3) is 0 Å². The molecule has 102 valence electrons. The molecular formula is C14H21F2NS. The summed E-state index contributed by atoms with van der Waals surface area (Å²) in [7, 11) is 0. The maximum absolute atomic E-state index is 13.2. The maximum Gasteiger partial charge on any atom is 0.159 e. The van der Waals surface area contributed by atoms with E-state index in [9.17, 15) is 8.78 Å². The molecule has 0 amide bonds. The molecule has 0 aromatic heterocycles. The Labute approximate surface area is 112 Å². The number of thioether (sulfide) groups is 1. The van der Waals surface area contributed by atoms with Crippen molar-refractivity contribution in [3.63, 3.8) is 0 Å². The highest BCUT2D eigenvalue weighted by atomic mass is 32.2. The van der Waals surface area contributed by atoms with E-state index in [0.29, 0.717) is 0 Å². The lowest BCUT2D eigenvalue weighted by atomic mass is 10.1. The van der Waals surface area contributed by atoms with Gasteiger partial charge in [-0.15, -0.1) is 0 Å². The Morgan fingerprint density at radius 1 is 1.22 bits per heavy atom. The second-order valence-corrected chi connectivity index (χ2v) is 7.05. The number of benzene rings is 1. The van der Waals surface area contributed by atoms with E-state index in [1.165, 1.54) is 12.1 Å². The first-order chi connectivity index (χ1) is 8.33. The molecule has 0 spiro atoms. The number of hydrogen-bond donors (Lipinski definition) is 1. The van der Waals surface area contributed by atoms with Gasteiger partial charge in [0.05, 0.1) is 0 Å². The van der Waals surface area contributed by atoms with Crippen LogP contribution >= 0.6 is 11.8 Å². The molecule has 0 aliphatic carbocycles. The maximum atomic E-state index is 13.2. The Morgan fingerprint density at radius 3 is 2.39 bits per heavy atom. The minimum atomic E-state index is -0.794. The topological polar surface area (TPSA) is 12.0 Å². The van der Waals surface area contributed by atoms with Gasteiger partial charge < -0.3 is 5.32 Å². The molecule has 0 saturated heterocycles. The molecule has 1 N–H and O–H groups in total. The van der Waals surface area contributed by atoms with Gasteiger partial charge in [-0.25, -0.2) is 8.78 Å². The van der Waals surface area contributed by atoms with E-state index in [2.05, 4.69) is 26.1 Å². The Kier molecular flexibility index (Phi) is 5.60. The molecule has 4 heteroatoms. The van der Waals surface area contributed by atoms with Crippen LogP contribution in [0.3, 0.4) is 0 Å². The van der Waals surface area contributed by atoms with Crippen molar-refractivity contribution in [1.29, 1.82) is 0 Å². The van der Waals surface area contributed by atoms with Gasteiger partial charge in [-0.2, -0.15) is 11.8 Å². The molecule has 0 fully saturated rings. The molecular weight excluding hydrogens is 252 g/mol. The van der Waals surface area contributed by atoms with E-state index < -0.39 is 11.6 Å². The summed E-state index contributed by atoms with van der Waals surface area (Å²) < 4.78 is 26.3. The SMILES string of the molecule is CCNC(CSC(C)(C)C)c1ccc(F)c(F)c1. The Bertz CT molecular complexity index is 388. The number of nitrogens with one attached hydrogen (secondary N) is 1. The van der Waals surface area contributed by atoms with Gasteiger partial charge in [0.1, 0.15) is 0 Å². The van der Waals surface area contributed by atoms with Crippen molar-refractivity contribution in [2.45, 2.75) is 38.5 Å². The van der Waals surface area contributed by atoms with Crippen molar-refractivity contribution in [2.75, 3.05) is 12.3 Å². The highest BCUT2D eigenvalue weighted by Crippen LogP contribution is 2.28. The summed E-state index contributed by atoms with van der Waals surface area (Å²) >= 11 is 1.81. The fourth-order valence-corrected chi connectivity index (χ4v) is 2.56. The molecule has 0 bridgehead atoms. The van der Waals surface area contributed by atoms with E-state index in [0.717, 1.165) is 17.9 Å². The summed E-state index contributed by atoms with van der Waals surface area (Å²) in [5, 5.41) is 3.31. The van der Waals surface area contributed by atoms with Gasteiger partial charge in [0, 0.05) is 16.5 Å². The first-order valence-corrected chi connectivity index (χ1v) is 7.14. The molecule has 0 aliphatic rings. The molecule has 1 unspecified atom stereocenters. The van der Waals surface area contributed by atoms with E-state index in [-0.39, 0.29) is 10.8 Å². The van der Waals surface area contributed by atoms with Crippen LogP contribution in [-0.4, -0.2) is 17.0 Å². The van der Waals surface area contributed by atoms with Crippen LogP contribution in [0, 0.1) is 11.6 Å². The molecule has 18 heavy (non-hydrogen) atoms. The zero-order chi connectivity index (χ0) is 13.8. The molecule has 0 aliphatic heterocycles. The van der Waals surface area contributed by atoms with Crippen LogP contribution in [0.2, 0.25) is 0 Å². The quantitative estimate of drug-likeness (QED) is 0.865. The molecule has 0 saturated carbocycles. The van der Waals surface area contributed by atoms with Gasteiger partial charge in [-0.1, -0.05) is 33.8 Å². The normalized spacial score (nSPS) is 13.7. The minimum Gasteiger partial charge on any atom is -0.310 e. The van der Waals surface area contributed by atoms with Crippen molar-refractivity contribution in [1.82, 2.24) is 5.32 Å². The predicted molar refractivity (Wildman–Crippen MR) is 75.0 cm³/mol. The second-order valence-electron chi connectivity index (χ2n) is 5.21. The molecule has 0 heterocycles. The lowest BCUT2D eigenvalue weighted by molar-refractivity contribution is 0.502. The lowest BCUT2D eigenvalue weighted by Gasteiger charge is -2.24. The average molecular weight is 273 g/mol. The first-order valence-electron chi connectivity index (χ1n) is 6.16. The van der Waals surface area contributed by atoms with E-state index >= 15 is 0 Å². The fourth-order valence-electron chi connectivity index (χ4n) is 1.58. The van der Waals surface area contributed by atoms with Crippen LogP contribution in [0.25, 0.3) is 0 Å². The van der Waals surface area contributed by atoms with Crippen LogP contribution in [0.4, 0.5) is 8.78 Å². The standard InChI is InChI=1S/C14H21F2NS/c1-5-17-13(9-18-14(2,3)4)10-6-7-11(15)12(16)8-10/h6-8,13,17H,5,9H2,1-4H3. The summed E-state index contributed by atoms with van der Waals surface area (Å²) in [6.45, 7) is 9.24. The first kappa shape index (κ1) is 15.4. The minimum absolute atomic E-state index is 0.0503. The van der Waals surface area contributed by atoms with Crippen molar-refractivity contribution < 1.29 is 8.78 Å². The summed E-state index contributed by atoms with van der Waals surface area (Å²) in [4.78, 5) is 0. The van der Waals surface area contributed by atoms with Gasteiger partial charge in [0.2, 0.25) is 0 Å². The van der Waals surface area contributed by atoms with E-state index in [4.69, 9.17) is 0 Å². The monoisotopic (exact) mass is 273 g/mol. The Balaban J connectivity index is 2.80. The van der Waals surface area contributed by atoms with Crippen LogP contribution in [0.1, 0.15) is 39.3 Å². The lowest BCUT2D eigenvalue weighted by Crippen LogP contribution is -2.25. The largest absolute Gasteiger partial charge is 0.310 e. The fraction of sp³-hybridized carbons (Fsp3) is 0.571. The van der Waals surface area contributed by atoms with Gasteiger partial charge >= 0.3 is 0 Å². The van der Waals surface area contributed by atoms with Crippen molar-refractivity contribution in [3.05, 3.63) is 35.4 Å². The average Bonchev–Trinajstić information content (AvgIpc) is 2.27. The molecule has 1 nitrogen and oxygen atoms in total. The van der Waals surface area contributed by atoms with Crippen LogP contribution in [0.15, 0.2) is 18.2 Å². The molecule has 0 radical (unpaired) electrons. The third kappa shape index (κ3) is 4.94. The Hall–Kier alpha value is -0.610. The van der Waals surface area contributed by atoms with E-state index in [1.54, 1.807) is 6.07 Å². The summed E-state index contributed by atoms with van der Waals surface area (Å²) in [5.74, 6) is -0.740. The molecule has 1 aromatic carbocycles. The van der Waals surface area contributed by atoms with Gasteiger partial charge in [0.15, 0.2) is 11.6 Å². The van der Waals surface area contributed by atoms with Crippen LogP contribution in [0.5, 0.6) is 0 Å². The van der Waals surface area contributed by atoms with Crippen molar-refractivity contribution >= 4 is 11.8 Å². The molecule has 1 rings (SSSR count). The van der Waals surface area contributed by atoms with E-state index in [1.807, 2.05) is 18.7 Å². The highest BCUT2D eigenvalue weighted by molar-refractivity contribution is 8.00. The summed E-state index contributed by atoms with van der Waals surface area (Å²) in [6, 6.07) is 4.17. The third-order valence-corrected chi connectivity index (χ3v) is 3.85. The van der Waals surface area contributed by atoms with Crippen molar-refractivity contribution in [2.24, 2.45) is 0 Å². The van der Waals surface area contributed by atoms with Gasteiger partial charge in [-0.3, -0.25) is 0 Å². The highest BCUT2D eigenvalue weighted by Gasteiger charge is 2.17. The second kappa shape index (κ2) is 6.53. The zero-order valence-corrected chi connectivity index (χ0v) is 12.2. The number of rotatable bonds is 5. The predicted octanol–water partition coefficient (Wildman–Crippen LogP) is 4.15. The number of hydrogen-bond acceptors (Lipinski definition) is 2. The zero-order valence-electron chi connectivity index (χ0n) is 11.4. The number of halogens is 2. The molecule has 1 aromatic rings. The van der Waals surface area contributed by atoms with Crippen molar-refractivity contribution in [3.8, 4) is 0 Å². The summed E-state index contributed by atoms with van der Waals surface area (Å²) in [6.07, 6.45) is 0. The summed E-state index contributed by atoms with van der Waals surface area (Å²) in [5.41, 5.74) is 0.799.